The van der Waals surface area contributed by atoms with Crippen LogP contribution in [0.1, 0.15) is 22.8 Å². The van der Waals surface area contributed by atoms with Crippen molar-refractivity contribution in [1.29, 1.82) is 0 Å². The fourth-order valence-corrected chi connectivity index (χ4v) is 4.93. The number of azo groups is 1. The summed E-state index contributed by atoms with van der Waals surface area (Å²) in [5.74, 6) is -0.745. The zero-order valence-corrected chi connectivity index (χ0v) is 22.4. The molecule has 4 aromatic rings. The summed E-state index contributed by atoms with van der Waals surface area (Å²) < 4.78 is 39.0. The summed E-state index contributed by atoms with van der Waals surface area (Å²) in [6, 6.07) is 15.7. The molecular weight excluding hydrogens is 553 g/mol. The van der Waals surface area contributed by atoms with Crippen molar-refractivity contribution in [3.63, 3.8) is 0 Å². The van der Waals surface area contributed by atoms with Gasteiger partial charge in [0.1, 0.15) is 22.0 Å². The molecule has 9 nitrogen and oxygen atoms in total. The first-order chi connectivity index (χ1) is 18.0. The van der Waals surface area contributed by atoms with Crippen molar-refractivity contribution in [3.05, 3.63) is 81.8 Å². The Morgan fingerprint density at radius 3 is 2.39 bits per heavy atom. The summed E-state index contributed by atoms with van der Waals surface area (Å²) >= 11 is 12.5. The lowest BCUT2D eigenvalue weighted by molar-refractivity contribution is 0.102. The first-order valence-electron chi connectivity index (χ1n) is 11.1. The van der Waals surface area contributed by atoms with Crippen LogP contribution < -0.4 is 10.1 Å². The van der Waals surface area contributed by atoms with E-state index in [0.717, 1.165) is 0 Å². The third-order valence-electron chi connectivity index (χ3n) is 5.69. The molecule has 196 valence electrons. The van der Waals surface area contributed by atoms with Crippen molar-refractivity contribution < 1.29 is 27.6 Å². The average molecular weight is 574 g/mol. The van der Waals surface area contributed by atoms with Crippen molar-refractivity contribution in [2.45, 2.75) is 18.2 Å². The maximum absolute atomic E-state index is 13.2. The molecule has 12 heteroatoms. The first-order valence-corrected chi connectivity index (χ1v) is 13.3. The van der Waals surface area contributed by atoms with E-state index in [1.54, 1.807) is 43.3 Å². The number of hydrogen-bond donors (Lipinski definition) is 3. The molecule has 0 bridgehead atoms. The van der Waals surface area contributed by atoms with E-state index in [4.69, 9.17) is 27.9 Å². The number of aryl methyl sites for hydroxylation is 1. The lowest BCUT2D eigenvalue weighted by atomic mass is 10.0. The summed E-state index contributed by atoms with van der Waals surface area (Å²) in [4.78, 5) is 12.7. The van der Waals surface area contributed by atoms with Gasteiger partial charge < -0.3 is 15.2 Å². The summed E-state index contributed by atoms with van der Waals surface area (Å²) in [6.07, 6.45) is 0.458. The smallest absolute Gasteiger partial charge is 0.296 e. The Labute approximate surface area is 228 Å². The molecule has 0 heterocycles. The number of halogens is 2. The van der Waals surface area contributed by atoms with Crippen LogP contribution >= 0.6 is 23.2 Å². The van der Waals surface area contributed by atoms with Crippen molar-refractivity contribution in [2.24, 2.45) is 10.2 Å². The number of nitrogens with zero attached hydrogens (tertiary/aromatic N) is 2. The van der Waals surface area contributed by atoms with Crippen LogP contribution in [0.5, 0.6) is 11.5 Å². The van der Waals surface area contributed by atoms with Crippen LogP contribution in [-0.2, 0) is 16.5 Å². The third kappa shape index (κ3) is 5.58. The number of nitrogens with one attached hydrogen (secondary N) is 1. The number of rotatable bonds is 7. The number of phenolic OH excluding ortho intramolecular Hbond substituents is 1. The molecule has 4 aromatic carbocycles. The molecule has 38 heavy (non-hydrogen) atoms. The highest BCUT2D eigenvalue weighted by molar-refractivity contribution is 7.86. The molecule has 0 radical (unpaired) electrons. The van der Waals surface area contributed by atoms with Gasteiger partial charge in [-0.15, -0.1) is 10.2 Å². The van der Waals surface area contributed by atoms with Gasteiger partial charge in [-0.3, -0.25) is 9.35 Å². The highest BCUT2D eigenvalue weighted by atomic mass is 35.5. The average Bonchev–Trinajstić information content (AvgIpc) is 2.88. The second-order valence-electron chi connectivity index (χ2n) is 8.10. The predicted octanol–water partition coefficient (Wildman–Crippen LogP) is 7.34. The van der Waals surface area contributed by atoms with Gasteiger partial charge in [0.15, 0.2) is 5.75 Å². The van der Waals surface area contributed by atoms with Crippen LogP contribution in [0, 0.1) is 0 Å². The fraction of sp³-hybridized carbons (Fsp3) is 0.115. The van der Waals surface area contributed by atoms with E-state index in [1.807, 2.05) is 0 Å². The fourth-order valence-electron chi connectivity index (χ4n) is 3.73. The molecule has 0 aliphatic carbocycles. The minimum absolute atomic E-state index is 0.0638. The summed E-state index contributed by atoms with van der Waals surface area (Å²) in [6.45, 7) is 1.79. The SMILES string of the molecule is CCc1cc(Cl)c(N=Nc2c(O)c(C(=O)Nc3cc(OC)ccc3Cl)cc3ccccc23)c(S(=O)(=O)O)c1. The van der Waals surface area contributed by atoms with Crippen molar-refractivity contribution in [3.8, 4) is 11.5 Å². The maximum atomic E-state index is 13.2. The van der Waals surface area contributed by atoms with Gasteiger partial charge in [0.2, 0.25) is 0 Å². The van der Waals surface area contributed by atoms with E-state index >= 15 is 0 Å². The lowest BCUT2D eigenvalue weighted by Gasteiger charge is -2.13. The van der Waals surface area contributed by atoms with Crippen LogP contribution in [0.4, 0.5) is 17.1 Å². The summed E-state index contributed by atoms with van der Waals surface area (Å²) in [5.41, 5.74) is 0.255. The second-order valence-corrected chi connectivity index (χ2v) is 10.3. The Kier molecular flexibility index (Phi) is 7.89. The van der Waals surface area contributed by atoms with Gasteiger partial charge in [-0.2, -0.15) is 8.42 Å². The van der Waals surface area contributed by atoms with Crippen molar-refractivity contribution in [2.75, 3.05) is 12.4 Å². The Morgan fingerprint density at radius 2 is 1.71 bits per heavy atom. The predicted molar refractivity (Wildman–Crippen MR) is 146 cm³/mol. The molecule has 0 atom stereocenters. The quantitative estimate of drug-likeness (QED) is 0.156. The maximum Gasteiger partial charge on any atom is 0.296 e. The van der Waals surface area contributed by atoms with Gasteiger partial charge in [-0.1, -0.05) is 54.4 Å². The normalized spacial score (nSPS) is 11.7. The van der Waals surface area contributed by atoms with Crippen LogP contribution in [0.25, 0.3) is 10.8 Å². The van der Waals surface area contributed by atoms with Gasteiger partial charge in [-0.25, -0.2) is 0 Å². The molecule has 0 aliphatic rings. The topological polar surface area (TPSA) is 138 Å². The highest BCUT2D eigenvalue weighted by Gasteiger charge is 2.22. The molecular formula is C26H21Cl2N3O6S. The Balaban J connectivity index is 1.85. The number of carbonyl (C=O) groups is 1. The molecule has 0 spiro atoms. The molecule has 0 unspecified atom stereocenters. The third-order valence-corrected chi connectivity index (χ3v) is 7.17. The molecule has 0 aliphatic heterocycles. The zero-order chi connectivity index (χ0) is 27.6. The number of aromatic hydroxyl groups is 1. The molecule has 4 rings (SSSR count). The van der Waals surface area contributed by atoms with E-state index < -0.39 is 26.7 Å². The molecule has 0 saturated carbocycles. The van der Waals surface area contributed by atoms with Crippen LogP contribution in [0.15, 0.2) is 75.8 Å². The van der Waals surface area contributed by atoms with Crippen LogP contribution in [0.2, 0.25) is 10.0 Å². The lowest BCUT2D eigenvalue weighted by Crippen LogP contribution is -2.12. The minimum atomic E-state index is -4.70. The number of hydrogen-bond acceptors (Lipinski definition) is 7. The monoisotopic (exact) mass is 573 g/mol. The first kappa shape index (κ1) is 27.3. The van der Waals surface area contributed by atoms with Crippen LogP contribution in [0.3, 0.4) is 0 Å². The zero-order valence-electron chi connectivity index (χ0n) is 20.1. The Hall–Kier alpha value is -3.70. The van der Waals surface area contributed by atoms with Gasteiger partial charge in [0.05, 0.1) is 28.4 Å². The molecule has 3 N–H and O–H groups in total. The van der Waals surface area contributed by atoms with E-state index in [1.165, 1.54) is 31.4 Å². The van der Waals surface area contributed by atoms with Gasteiger partial charge >= 0.3 is 0 Å². The number of amides is 1. The molecule has 0 aromatic heterocycles. The number of fused-ring (bicyclic) bond motifs is 1. The molecule has 0 fully saturated rings. The van der Waals surface area contributed by atoms with Crippen molar-refractivity contribution in [1.82, 2.24) is 0 Å². The summed E-state index contributed by atoms with van der Waals surface area (Å²) in [7, 11) is -3.23. The van der Waals surface area contributed by atoms with E-state index in [-0.39, 0.29) is 32.7 Å². The van der Waals surface area contributed by atoms with Gasteiger partial charge in [-0.05, 0) is 47.7 Å². The number of phenols is 1. The van der Waals surface area contributed by atoms with Crippen LogP contribution in [-0.4, -0.2) is 31.1 Å². The number of carbonyl (C=O) groups excluding carboxylic acids is 1. The number of ether oxygens (including phenoxy) is 1. The molecule has 0 saturated heterocycles. The number of anilines is 1. The van der Waals surface area contributed by atoms with Gasteiger partial charge in [0.25, 0.3) is 16.0 Å². The largest absolute Gasteiger partial charge is 0.505 e. The van der Waals surface area contributed by atoms with Crippen molar-refractivity contribution >= 4 is 67.1 Å². The summed E-state index contributed by atoms with van der Waals surface area (Å²) in [5, 5.41) is 22.9. The van der Waals surface area contributed by atoms with E-state index in [9.17, 15) is 22.9 Å². The van der Waals surface area contributed by atoms with E-state index in [2.05, 4.69) is 15.5 Å². The standard InChI is InChI=1S/C26H21Cl2N3O6S/c1-3-14-10-20(28)24(22(11-14)38(34,35)36)31-30-23-17-7-5-4-6-15(17)12-18(25(23)32)26(33)29-21-13-16(37-2)8-9-19(21)27/h4-13,32H,3H2,1-2H3,(H,29,33)(H,34,35,36). The highest BCUT2D eigenvalue weighted by Crippen LogP contribution is 2.42. The molecule has 1 amide bonds. The van der Waals surface area contributed by atoms with E-state index in [0.29, 0.717) is 28.5 Å². The number of benzene rings is 4. The minimum Gasteiger partial charge on any atom is -0.505 e. The van der Waals surface area contributed by atoms with Gasteiger partial charge in [0, 0.05) is 11.5 Å². The Bertz CT molecular complexity index is 1710. The second kappa shape index (κ2) is 11.0. The number of methoxy groups -OCH3 is 1. The Morgan fingerprint density at radius 1 is 1.00 bits per heavy atom.